The number of nitrogens with one attached hydrogen (secondary N) is 3. The molecule has 5 heterocycles. The number of rotatable bonds is 11. The van der Waals surface area contributed by atoms with Gasteiger partial charge in [-0.15, -0.1) is 0 Å². The molecular weight excluding hydrogens is 817 g/mol. The Kier molecular flexibility index (Phi) is 11.5. The van der Waals surface area contributed by atoms with Crippen molar-refractivity contribution in [2.24, 2.45) is 11.8 Å². The summed E-state index contributed by atoms with van der Waals surface area (Å²) in [6.45, 7) is 5.50. The molecule has 5 atom stereocenters. The maximum atomic E-state index is 14.1. The fourth-order valence-electron chi connectivity index (χ4n) is 9.85. The minimum Gasteiger partial charge on any atom is -0.488 e. The zero-order valence-corrected chi connectivity index (χ0v) is 36.5. The summed E-state index contributed by atoms with van der Waals surface area (Å²) in [4.78, 5) is 73.9. The first-order valence-electron chi connectivity index (χ1n) is 21.7. The molecule has 4 aromatic carbocycles. The Balaban J connectivity index is 0.971. The van der Waals surface area contributed by atoms with Gasteiger partial charge in [-0.25, -0.2) is 19.6 Å². The highest BCUT2D eigenvalue weighted by Crippen LogP contribution is 2.44. The fraction of sp³-hybridized carbons (Fsp3) is 0.375. The van der Waals surface area contributed by atoms with Crippen LogP contribution in [0.3, 0.4) is 0 Å². The number of hydrogen-bond acceptors (Lipinski definition) is 9. The average molecular weight is 869 g/mol. The van der Waals surface area contributed by atoms with Crippen LogP contribution in [0.5, 0.6) is 5.75 Å². The summed E-state index contributed by atoms with van der Waals surface area (Å²) >= 11 is 0. The van der Waals surface area contributed by atoms with E-state index in [0.29, 0.717) is 49.9 Å². The third kappa shape index (κ3) is 7.75. The molecule has 0 spiro atoms. The lowest BCUT2D eigenvalue weighted by Gasteiger charge is -2.33. The Bertz CT molecular complexity index is 2750. The molecular formula is C48H52N8O8. The predicted octanol–water partition coefficient (Wildman–Crippen LogP) is 7.60. The summed E-state index contributed by atoms with van der Waals surface area (Å²) in [5, 5.41) is 14.5. The molecule has 0 aliphatic carbocycles. The van der Waals surface area contributed by atoms with Gasteiger partial charge < -0.3 is 44.4 Å². The van der Waals surface area contributed by atoms with E-state index in [1.807, 2.05) is 50.2 Å². The molecule has 4 N–H and O–H groups in total. The third-order valence-electron chi connectivity index (χ3n) is 12.9. The standard InChI is InChI=1S/C48H52N8O8/c1-26(2)42(54(3)48(60)61)46(58)56-23-27(24-62-4)18-38(56)43-49-22-36(51-43)30-13-15-32-31(19-30)25-64-39-21-33-29(20-34(32)39)14-16-35-41(33)52-44(50-35)37-12-9-17-55(37)45(57)40(53-47(59)63-5)28-10-7-6-8-11-28/h6-8,10-11,13-16,19-22,26-27,37-38,40,42H,9,12,17-18,23-25H2,1-5H3,(H,49,51)(H,50,52)(H,53,59)(H,60,61)/t27-,37-,38-,40+,42-/m0/s1. The number of imidazole rings is 2. The summed E-state index contributed by atoms with van der Waals surface area (Å²) < 4.78 is 16.8. The molecule has 9 rings (SSSR count). The molecule has 0 saturated carbocycles. The third-order valence-corrected chi connectivity index (χ3v) is 12.9. The Morgan fingerprint density at radius 1 is 0.953 bits per heavy atom. The summed E-state index contributed by atoms with van der Waals surface area (Å²) in [6.07, 6.45) is 2.09. The van der Waals surface area contributed by atoms with Crippen molar-refractivity contribution in [1.29, 1.82) is 0 Å². The molecule has 0 unspecified atom stereocenters. The van der Waals surface area contributed by atoms with Crippen molar-refractivity contribution in [3.63, 3.8) is 0 Å². The molecule has 16 heteroatoms. The number of carboxylic acid groups (broad SMARTS) is 1. The number of hydrogen-bond donors (Lipinski definition) is 4. The average Bonchev–Trinajstić information content (AvgIpc) is 4.14. The van der Waals surface area contributed by atoms with E-state index in [1.165, 1.54) is 14.2 Å². The SMILES string of the molecule is COC[C@H]1C[C@@H](c2ncc(-c3ccc4c(c3)COc3cc5c(ccc6nc([C@@H]7CCCN7C(=O)[C@H](NC(=O)OC)c7ccccc7)[nH]c65)cc3-4)[nH]2)N(C(=O)[C@H](C(C)C)N(C)C(=O)O)C1. The van der Waals surface area contributed by atoms with E-state index in [-0.39, 0.29) is 35.7 Å². The molecule has 6 aromatic rings. The van der Waals surface area contributed by atoms with Gasteiger partial charge in [-0.1, -0.05) is 62.4 Å². The number of aromatic nitrogens is 4. The van der Waals surface area contributed by atoms with E-state index in [9.17, 15) is 24.3 Å². The van der Waals surface area contributed by atoms with Gasteiger partial charge in [-0.2, -0.15) is 0 Å². The van der Waals surface area contributed by atoms with Crippen LogP contribution in [-0.2, 0) is 25.7 Å². The van der Waals surface area contributed by atoms with Gasteiger partial charge in [0.2, 0.25) is 5.91 Å². The number of alkyl carbamates (subject to hydrolysis) is 1. The van der Waals surface area contributed by atoms with Crippen molar-refractivity contribution in [3.8, 4) is 28.1 Å². The monoisotopic (exact) mass is 868 g/mol. The van der Waals surface area contributed by atoms with Gasteiger partial charge in [0, 0.05) is 44.1 Å². The molecule has 0 bridgehead atoms. The highest BCUT2D eigenvalue weighted by atomic mass is 16.5. The Hall–Kier alpha value is -6.94. The Labute approximate surface area is 369 Å². The Morgan fingerprint density at radius 2 is 1.77 bits per heavy atom. The second kappa shape index (κ2) is 17.3. The largest absolute Gasteiger partial charge is 0.488 e. The van der Waals surface area contributed by atoms with Crippen LogP contribution in [0.15, 0.2) is 79.0 Å². The van der Waals surface area contributed by atoms with Crippen molar-refractivity contribution in [2.75, 3.05) is 41.0 Å². The maximum Gasteiger partial charge on any atom is 0.407 e. The van der Waals surface area contributed by atoms with Crippen LogP contribution in [0.25, 0.3) is 44.2 Å². The van der Waals surface area contributed by atoms with Crippen molar-refractivity contribution < 1.29 is 38.5 Å². The summed E-state index contributed by atoms with van der Waals surface area (Å²) in [6, 6.07) is 21.2. The van der Waals surface area contributed by atoms with Crippen molar-refractivity contribution in [3.05, 3.63) is 102 Å². The molecule has 2 saturated heterocycles. The molecule has 332 valence electrons. The maximum absolute atomic E-state index is 14.1. The van der Waals surface area contributed by atoms with Crippen LogP contribution >= 0.6 is 0 Å². The minimum absolute atomic E-state index is 0.0729. The van der Waals surface area contributed by atoms with Crippen molar-refractivity contribution in [2.45, 2.75) is 63.9 Å². The number of amides is 4. The lowest BCUT2D eigenvalue weighted by Crippen LogP contribution is -2.51. The lowest BCUT2D eigenvalue weighted by atomic mass is 9.92. The number of methoxy groups -OCH3 is 2. The van der Waals surface area contributed by atoms with Crippen LogP contribution in [0.2, 0.25) is 0 Å². The predicted molar refractivity (Wildman–Crippen MR) is 238 cm³/mol. The van der Waals surface area contributed by atoms with Gasteiger partial charge in [0.25, 0.3) is 5.91 Å². The first kappa shape index (κ1) is 42.4. The molecule has 3 aliphatic rings. The zero-order valence-electron chi connectivity index (χ0n) is 36.5. The van der Waals surface area contributed by atoms with E-state index in [1.54, 1.807) is 23.1 Å². The first-order chi connectivity index (χ1) is 30.9. The fourth-order valence-corrected chi connectivity index (χ4v) is 9.85. The number of fused-ring (bicyclic) bond motifs is 6. The van der Waals surface area contributed by atoms with Gasteiger partial charge >= 0.3 is 12.2 Å². The van der Waals surface area contributed by atoms with Crippen LogP contribution < -0.4 is 10.1 Å². The Morgan fingerprint density at radius 3 is 2.52 bits per heavy atom. The topological polar surface area (TPSA) is 195 Å². The summed E-state index contributed by atoms with van der Waals surface area (Å²) in [5.74, 6) is 1.45. The van der Waals surface area contributed by atoms with E-state index in [2.05, 4.69) is 51.7 Å². The summed E-state index contributed by atoms with van der Waals surface area (Å²) in [5.41, 5.74) is 7.05. The number of benzene rings is 4. The van der Waals surface area contributed by atoms with E-state index in [0.717, 1.165) is 73.2 Å². The van der Waals surface area contributed by atoms with Gasteiger partial charge in [0.05, 0.1) is 48.7 Å². The smallest absolute Gasteiger partial charge is 0.407 e. The number of likely N-dealkylation sites (N-methyl/N-ethyl adjacent to an activating group) is 1. The number of aromatic amines is 2. The van der Waals surface area contributed by atoms with Crippen LogP contribution in [0.4, 0.5) is 9.59 Å². The number of nitrogens with zero attached hydrogens (tertiary/aromatic N) is 5. The second-order valence-corrected chi connectivity index (χ2v) is 17.3. The molecule has 0 radical (unpaired) electrons. The number of likely N-dealkylation sites (tertiary alicyclic amines) is 2. The normalized spacial score (nSPS) is 19.0. The van der Waals surface area contributed by atoms with E-state index in [4.69, 9.17) is 24.2 Å². The highest BCUT2D eigenvalue weighted by Gasteiger charge is 2.43. The van der Waals surface area contributed by atoms with Gasteiger partial charge in [0.15, 0.2) is 0 Å². The number of H-pyrrole nitrogens is 2. The first-order valence-corrected chi connectivity index (χ1v) is 21.7. The van der Waals surface area contributed by atoms with Crippen LogP contribution in [0, 0.1) is 11.8 Å². The molecule has 3 aliphatic heterocycles. The van der Waals surface area contributed by atoms with Crippen LogP contribution in [0.1, 0.15) is 74.0 Å². The lowest BCUT2D eigenvalue weighted by molar-refractivity contribution is -0.138. The van der Waals surface area contributed by atoms with Gasteiger partial charge in [-0.05, 0) is 77.1 Å². The molecule has 64 heavy (non-hydrogen) atoms. The molecule has 4 amide bonds. The van der Waals surface area contributed by atoms with E-state index >= 15 is 0 Å². The zero-order chi connectivity index (χ0) is 44.8. The molecule has 16 nitrogen and oxygen atoms in total. The van der Waals surface area contributed by atoms with Crippen LogP contribution in [-0.4, -0.2) is 111 Å². The van der Waals surface area contributed by atoms with Gasteiger partial charge in [0.1, 0.15) is 36.1 Å². The quantitative estimate of drug-likeness (QED) is 0.101. The van der Waals surface area contributed by atoms with Gasteiger partial charge in [-0.3, -0.25) is 14.5 Å². The van der Waals surface area contributed by atoms with Crippen molar-refractivity contribution in [1.82, 2.24) is 40.0 Å². The molecule has 2 aromatic heterocycles. The van der Waals surface area contributed by atoms with E-state index < -0.39 is 24.3 Å². The van der Waals surface area contributed by atoms with Crippen molar-refractivity contribution >= 4 is 45.8 Å². The number of carbonyl (C=O) groups excluding carboxylic acids is 3. The number of ether oxygens (including phenoxy) is 3. The number of carbonyl (C=O) groups is 4. The highest BCUT2D eigenvalue weighted by molar-refractivity contribution is 6.07. The molecule has 2 fully saturated rings. The summed E-state index contributed by atoms with van der Waals surface area (Å²) in [7, 11) is 4.36. The minimum atomic E-state index is -1.15. The second-order valence-electron chi connectivity index (χ2n) is 17.3.